The SMILES string of the molecule is O=S(=O)([O-])c1ccc(-n2[nH]nnc2=S)cc1. The molecule has 0 aliphatic heterocycles. The number of nitrogens with zero attached hydrogens (tertiary/aromatic N) is 3. The zero-order valence-corrected chi connectivity index (χ0v) is 9.33. The third-order valence-corrected chi connectivity index (χ3v) is 2.97. The molecule has 0 bridgehead atoms. The van der Waals surface area contributed by atoms with Crippen molar-refractivity contribution in [1.82, 2.24) is 20.2 Å². The van der Waals surface area contributed by atoms with E-state index >= 15 is 0 Å². The van der Waals surface area contributed by atoms with Gasteiger partial charge in [-0.1, -0.05) is 10.3 Å². The molecule has 0 aliphatic rings. The topological polar surface area (TPSA) is 104 Å². The van der Waals surface area contributed by atoms with Crippen LogP contribution in [0.15, 0.2) is 29.2 Å². The predicted molar refractivity (Wildman–Crippen MR) is 54.5 cm³/mol. The normalized spacial score (nSPS) is 11.6. The largest absolute Gasteiger partial charge is 0.744 e. The number of aromatic amines is 1. The summed E-state index contributed by atoms with van der Waals surface area (Å²) in [6, 6.07) is 5.25. The van der Waals surface area contributed by atoms with E-state index in [1.807, 2.05) is 0 Å². The minimum atomic E-state index is -4.43. The number of benzene rings is 1. The minimum Gasteiger partial charge on any atom is -0.744 e. The Morgan fingerprint density at radius 1 is 1.31 bits per heavy atom. The average molecular weight is 257 g/mol. The van der Waals surface area contributed by atoms with Crippen LogP contribution in [0.2, 0.25) is 0 Å². The highest BCUT2D eigenvalue weighted by molar-refractivity contribution is 7.85. The summed E-state index contributed by atoms with van der Waals surface area (Å²) in [5, 5.41) is 9.53. The highest BCUT2D eigenvalue weighted by atomic mass is 32.2. The van der Waals surface area contributed by atoms with Crippen molar-refractivity contribution in [2.75, 3.05) is 0 Å². The summed E-state index contributed by atoms with van der Waals surface area (Å²) in [6.45, 7) is 0. The molecule has 0 aliphatic carbocycles. The van der Waals surface area contributed by atoms with E-state index in [1.165, 1.54) is 28.9 Å². The summed E-state index contributed by atoms with van der Waals surface area (Å²) in [6.07, 6.45) is 0. The molecule has 84 valence electrons. The molecule has 1 aromatic heterocycles. The van der Waals surface area contributed by atoms with Crippen molar-refractivity contribution >= 4 is 22.3 Å². The van der Waals surface area contributed by atoms with Crippen LogP contribution in [-0.4, -0.2) is 33.2 Å². The zero-order valence-electron chi connectivity index (χ0n) is 7.69. The summed E-state index contributed by atoms with van der Waals surface area (Å²) in [5.41, 5.74) is 0.544. The van der Waals surface area contributed by atoms with E-state index < -0.39 is 10.1 Å². The number of tetrazole rings is 1. The molecule has 1 N–H and O–H groups in total. The van der Waals surface area contributed by atoms with Crippen LogP contribution in [0.5, 0.6) is 0 Å². The summed E-state index contributed by atoms with van der Waals surface area (Å²) >= 11 is 4.85. The van der Waals surface area contributed by atoms with Crippen LogP contribution < -0.4 is 0 Å². The maximum Gasteiger partial charge on any atom is 0.242 e. The summed E-state index contributed by atoms with van der Waals surface area (Å²) < 4.78 is 33.6. The Kier molecular flexibility index (Phi) is 2.58. The molecular formula is C7H5N4O3S2-. The van der Waals surface area contributed by atoms with Crippen LogP contribution >= 0.6 is 12.2 Å². The van der Waals surface area contributed by atoms with Crippen LogP contribution in [0, 0.1) is 4.77 Å². The number of hydrogen-bond acceptors (Lipinski definition) is 6. The highest BCUT2D eigenvalue weighted by Gasteiger charge is 2.03. The Hall–Kier alpha value is -1.58. The Morgan fingerprint density at radius 3 is 2.38 bits per heavy atom. The van der Waals surface area contributed by atoms with Crippen LogP contribution in [-0.2, 0) is 10.1 Å². The first-order valence-corrected chi connectivity index (χ1v) is 5.86. The van der Waals surface area contributed by atoms with Crippen LogP contribution in [0.4, 0.5) is 0 Å². The lowest BCUT2D eigenvalue weighted by Crippen LogP contribution is -2.00. The molecule has 0 fully saturated rings. The first-order chi connectivity index (χ1) is 7.48. The van der Waals surface area contributed by atoms with Gasteiger partial charge in [0.05, 0.1) is 10.6 Å². The van der Waals surface area contributed by atoms with Crippen LogP contribution in [0.1, 0.15) is 0 Å². The third-order valence-electron chi connectivity index (χ3n) is 1.86. The average Bonchev–Trinajstić information content (AvgIpc) is 2.63. The maximum atomic E-state index is 10.7. The second kappa shape index (κ2) is 3.77. The van der Waals surface area contributed by atoms with Crippen LogP contribution in [0.25, 0.3) is 5.69 Å². The molecule has 0 saturated carbocycles. The van der Waals surface area contributed by atoms with E-state index in [2.05, 4.69) is 15.5 Å². The fourth-order valence-electron chi connectivity index (χ4n) is 1.13. The van der Waals surface area contributed by atoms with Gasteiger partial charge in [-0.25, -0.2) is 13.1 Å². The number of rotatable bonds is 2. The van der Waals surface area contributed by atoms with Crippen molar-refractivity contribution in [3.8, 4) is 5.69 Å². The molecule has 0 atom stereocenters. The second-order valence-electron chi connectivity index (χ2n) is 2.87. The van der Waals surface area contributed by atoms with E-state index in [1.54, 1.807) is 0 Å². The molecule has 0 unspecified atom stereocenters. The monoisotopic (exact) mass is 257 g/mol. The molecule has 0 amide bonds. The fraction of sp³-hybridized carbons (Fsp3) is 0. The molecule has 0 saturated heterocycles. The highest BCUT2D eigenvalue weighted by Crippen LogP contribution is 2.12. The van der Waals surface area contributed by atoms with Gasteiger partial charge in [-0.15, -0.1) is 0 Å². The van der Waals surface area contributed by atoms with Crippen molar-refractivity contribution < 1.29 is 13.0 Å². The maximum absolute atomic E-state index is 10.7. The summed E-state index contributed by atoms with van der Waals surface area (Å²) in [4.78, 5) is -0.296. The second-order valence-corrected chi connectivity index (χ2v) is 4.61. The molecule has 1 aromatic carbocycles. The van der Waals surface area contributed by atoms with Crippen molar-refractivity contribution in [3.63, 3.8) is 0 Å². The Labute approximate surface area is 95.5 Å². The molecule has 2 rings (SSSR count). The Bertz CT molecular complexity index is 655. The lowest BCUT2D eigenvalue weighted by molar-refractivity contribution is 0.463. The van der Waals surface area contributed by atoms with Crippen molar-refractivity contribution in [1.29, 1.82) is 0 Å². The third kappa shape index (κ3) is 2.01. The van der Waals surface area contributed by atoms with Gasteiger partial charge in [0.2, 0.25) is 4.77 Å². The molecule has 0 spiro atoms. The van der Waals surface area contributed by atoms with E-state index in [9.17, 15) is 13.0 Å². The molecule has 2 aromatic rings. The lowest BCUT2D eigenvalue weighted by atomic mass is 10.3. The standard InChI is InChI=1S/C7H6N4O3S2/c12-16(13,14)6-3-1-5(2-4-6)11-7(15)8-9-10-11/h1-4H,(H,8,10,15)(H,12,13,14)/p-1. The summed E-state index contributed by atoms with van der Waals surface area (Å²) in [5.74, 6) is 0. The molecule has 7 nitrogen and oxygen atoms in total. The van der Waals surface area contributed by atoms with E-state index in [0.717, 1.165) is 0 Å². The Morgan fingerprint density at radius 2 is 1.94 bits per heavy atom. The predicted octanol–water partition coefficient (Wildman–Crippen LogP) is 0.229. The van der Waals surface area contributed by atoms with Gasteiger partial charge in [0.25, 0.3) is 0 Å². The van der Waals surface area contributed by atoms with Gasteiger partial charge < -0.3 is 4.55 Å². The van der Waals surface area contributed by atoms with E-state index in [-0.39, 0.29) is 9.67 Å². The van der Waals surface area contributed by atoms with Crippen LogP contribution in [0.3, 0.4) is 0 Å². The van der Waals surface area contributed by atoms with Crippen molar-refractivity contribution in [2.45, 2.75) is 4.90 Å². The minimum absolute atomic E-state index is 0.206. The number of aromatic nitrogens is 4. The van der Waals surface area contributed by atoms with Gasteiger partial charge in [-0.3, -0.25) is 0 Å². The van der Waals surface area contributed by atoms with Gasteiger partial charge in [-0.05, 0) is 36.5 Å². The Balaban J connectivity index is 2.49. The van der Waals surface area contributed by atoms with Gasteiger partial charge in [0, 0.05) is 0 Å². The quantitative estimate of drug-likeness (QED) is 0.610. The van der Waals surface area contributed by atoms with Crippen molar-refractivity contribution in [3.05, 3.63) is 29.0 Å². The molecule has 1 heterocycles. The van der Waals surface area contributed by atoms with Crippen molar-refractivity contribution in [2.24, 2.45) is 0 Å². The lowest BCUT2D eigenvalue weighted by Gasteiger charge is -2.07. The molecule has 9 heteroatoms. The number of H-pyrrole nitrogens is 1. The first-order valence-electron chi connectivity index (χ1n) is 4.05. The molecular weight excluding hydrogens is 252 g/mol. The van der Waals surface area contributed by atoms with E-state index in [4.69, 9.17) is 12.2 Å². The van der Waals surface area contributed by atoms with Gasteiger partial charge in [-0.2, -0.15) is 5.21 Å². The number of hydrogen-bond donors (Lipinski definition) is 1. The van der Waals surface area contributed by atoms with Gasteiger partial charge >= 0.3 is 0 Å². The molecule has 16 heavy (non-hydrogen) atoms. The zero-order chi connectivity index (χ0) is 11.8. The fourth-order valence-corrected chi connectivity index (χ4v) is 1.78. The van der Waals surface area contributed by atoms with Gasteiger partial charge in [0.1, 0.15) is 10.1 Å². The first kappa shape index (κ1) is 10.9. The molecule has 0 radical (unpaired) electrons. The van der Waals surface area contributed by atoms with E-state index in [0.29, 0.717) is 5.69 Å². The van der Waals surface area contributed by atoms with Gasteiger partial charge in [0.15, 0.2) is 0 Å². The smallest absolute Gasteiger partial charge is 0.242 e. The summed E-state index contributed by atoms with van der Waals surface area (Å²) in [7, 11) is -4.43. The number of nitrogens with one attached hydrogen (secondary N) is 1.